The fourth-order valence-corrected chi connectivity index (χ4v) is 3.10. The largest absolute Gasteiger partial charge is 0.371 e. The number of nitrogens with one attached hydrogen (secondary N) is 1. The molecule has 1 unspecified atom stereocenters. The fourth-order valence-electron chi connectivity index (χ4n) is 2.91. The van der Waals surface area contributed by atoms with Crippen LogP contribution in [0.1, 0.15) is 33.1 Å². The highest BCUT2D eigenvalue weighted by Gasteiger charge is 2.53. The first kappa shape index (κ1) is 13.2. The second-order valence-corrected chi connectivity index (χ2v) is 6.08. The molecule has 1 atom stereocenters. The maximum Gasteiger partial charge on any atom is 0.243 e. The van der Waals surface area contributed by atoms with E-state index in [1.165, 1.54) is 0 Å². The molecule has 1 aromatic rings. The summed E-state index contributed by atoms with van der Waals surface area (Å²) in [5, 5.41) is 3.97. The lowest BCUT2D eigenvalue weighted by Crippen LogP contribution is -2.57. The number of nitrogens with two attached hydrogens (primary N) is 1. The molecule has 0 aliphatic heterocycles. The average Bonchev–Trinajstić information content (AvgIpc) is 2.55. The van der Waals surface area contributed by atoms with E-state index in [9.17, 15) is 4.79 Å². The highest BCUT2D eigenvalue weighted by molar-refractivity contribution is 6.30. The minimum atomic E-state index is -0.683. The van der Waals surface area contributed by atoms with Crippen molar-refractivity contribution in [3.05, 3.63) is 29.3 Å². The lowest BCUT2D eigenvalue weighted by molar-refractivity contribution is -0.125. The van der Waals surface area contributed by atoms with Crippen LogP contribution >= 0.6 is 11.6 Å². The lowest BCUT2D eigenvalue weighted by atomic mass is 9.74. The van der Waals surface area contributed by atoms with Crippen molar-refractivity contribution in [3.63, 3.8) is 0 Å². The maximum absolute atomic E-state index is 12.0. The highest BCUT2D eigenvalue weighted by atomic mass is 35.5. The number of carbonyl (C=O) groups excluding carboxylic acids is 1. The van der Waals surface area contributed by atoms with Crippen LogP contribution in [0.4, 0.5) is 5.69 Å². The van der Waals surface area contributed by atoms with Crippen LogP contribution in [0.3, 0.4) is 0 Å². The Balaban J connectivity index is 2.36. The van der Waals surface area contributed by atoms with Gasteiger partial charge in [-0.05, 0) is 42.9 Å². The predicted molar refractivity (Wildman–Crippen MR) is 74.6 cm³/mol. The molecule has 3 nitrogen and oxygen atoms in total. The fraction of sp³-hybridized carbons (Fsp3) is 0.500. The first-order valence-corrected chi connectivity index (χ1v) is 6.59. The minimum absolute atomic E-state index is 0.152. The molecule has 1 saturated carbocycles. The van der Waals surface area contributed by atoms with Crippen LogP contribution < -0.4 is 11.1 Å². The molecule has 18 heavy (non-hydrogen) atoms. The summed E-state index contributed by atoms with van der Waals surface area (Å²) in [7, 11) is 0. The van der Waals surface area contributed by atoms with Gasteiger partial charge in [0.1, 0.15) is 5.54 Å². The third kappa shape index (κ3) is 2.07. The Kier molecular flexibility index (Phi) is 3.28. The van der Waals surface area contributed by atoms with Crippen molar-refractivity contribution in [1.82, 2.24) is 0 Å². The summed E-state index contributed by atoms with van der Waals surface area (Å²) in [6.07, 6.45) is 2.76. The van der Waals surface area contributed by atoms with E-state index in [2.05, 4.69) is 19.2 Å². The maximum atomic E-state index is 12.0. The van der Waals surface area contributed by atoms with Gasteiger partial charge in [-0.25, -0.2) is 0 Å². The molecule has 98 valence electrons. The second-order valence-electron chi connectivity index (χ2n) is 5.64. The molecular formula is C14H19ClN2O. The molecule has 0 saturated heterocycles. The summed E-state index contributed by atoms with van der Waals surface area (Å²) in [6.45, 7) is 4.17. The minimum Gasteiger partial charge on any atom is -0.371 e. The average molecular weight is 267 g/mol. The first-order valence-electron chi connectivity index (χ1n) is 6.21. The number of hydrogen-bond donors (Lipinski definition) is 2. The van der Waals surface area contributed by atoms with E-state index in [1.807, 2.05) is 24.3 Å². The lowest BCUT2D eigenvalue weighted by Gasteiger charge is -2.40. The van der Waals surface area contributed by atoms with Gasteiger partial charge in [-0.1, -0.05) is 31.5 Å². The van der Waals surface area contributed by atoms with E-state index < -0.39 is 5.54 Å². The van der Waals surface area contributed by atoms with E-state index in [-0.39, 0.29) is 11.3 Å². The molecule has 1 amide bonds. The monoisotopic (exact) mass is 266 g/mol. The highest BCUT2D eigenvalue weighted by Crippen LogP contribution is 2.47. The zero-order valence-electron chi connectivity index (χ0n) is 10.8. The Morgan fingerprint density at radius 1 is 1.39 bits per heavy atom. The van der Waals surface area contributed by atoms with Gasteiger partial charge in [0.25, 0.3) is 0 Å². The Morgan fingerprint density at radius 3 is 2.61 bits per heavy atom. The van der Waals surface area contributed by atoms with Gasteiger partial charge in [-0.3, -0.25) is 4.79 Å². The van der Waals surface area contributed by atoms with E-state index in [0.29, 0.717) is 5.02 Å². The molecule has 2 rings (SSSR count). The normalized spacial score (nSPS) is 25.9. The number of carbonyl (C=O) groups is 1. The third-order valence-electron chi connectivity index (χ3n) is 4.11. The SMILES string of the molecule is CC1(C)CCCC1(Nc1cccc(Cl)c1)C(N)=O. The summed E-state index contributed by atoms with van der Waals surface area (Å²) in [4.78, 5) is 12.0. The molecule has 0 radical (unpaired) electrons. The second kappa shape index (κ2) is 4.47. The van der Waals surface area contributed by atoms with Crippen LogP contribution in [0.15, 0.2) is 24.3 Å². The van der Waals surface area contributed by atoms with Crippen molar-refractivity contribution in [1.29, 1.82) is 0 Å². The third-order valence-corrected chi connectivity index (χ3v) is 4.35. The van der Waals surface area contributed by atoms with Crippen molar-refractivity contribution < 1.29 is 4.79 Å². The summed E-state index contributed by atoms with van der Waals surface area (Å²) in [5.74, 6) is -0.287. The molecule has 0 heterocycles. The molecule has 0 aromatic heterocycles. The summed E-state index contributed by atoms with van der Waals surface area (Å²) in [5.41, 5.74) is 5.67. The molecule has 0 bridgehead atoms. The molecule has 0 spiro atoms. The number of halogens is 1. The van der Waals surface area contributed by atoms with Crippen molar-refractivity contribution in [2.24, 2.45) is 11.1 Å². The Bertz CT molecular complexity index is 473. The summed E-state index contributed by atoms with van der Waals surface area (Å²) < 4.78 is 0. The molecule has 1 aliphatic rings. The van der Waals surface area contributed by atoms with Crippen LogP contribution in [0.5, 0.6) is 0 Å². The number of benzene rings is 1. The van der Waals surface area contributed by atoms with Gasteiger partial charge in [0.2, 0.25) is 5.91 Å². The van der Waals surface area contributed by atoms with Crippen molar-refractivity contribution >= 4 is 23.2 Å². The van der Waals surface area contributed by atoms with Gasteiger partial charge in [-0.15, -0.1) is 0 Å². The van der Waals surface area contributed by atoms with Crippen molar-refractivity contribution in [3.8, 4) is 0 Å². The smallest absolute Gasteiger partial charge is 0.243 e. The zero-order valence-corrected chi connectivity index (χ0v) is 11.6. The Morgan fingerprint density at radius 2 is 2.11 bits per heavy atom. The standard InChI is InChI=1S/C14H19ClN2O/c1-13(2)7-4-8-14(13,12(16)18)17-11-6-3-5-10(15)9-11/h3,5-6,9,17H,4,7-8H2,1-2H3,(H2,16,18). The Hall–Kier alpha value is -1.22. The molecule has 3 N–H and O–H groups in total. The van der Waals surface area contributed by atoms with Gasteiger partial charge in [0.05, 0.1) is 0 Å². The Labute approximate surface area is 113 Å². The van der Waals surface area contributed by atoms with E-state index >= 15 is 0 Å². The molecule has 1 aliphatic carbocycles. The van der Waals surface area contributed by atoms with Crippen molar-refractivity contribution in [2.45, 2.75) is 38.6 Å². The molecule has 1 aromatic carbocycles. The van der Waals surface area contributed by atoms with Gasteiger partial charge >= 0.3 is 0 Å². The zero-order chi connectivity index (χ0) is 13.4. The van der Waals surface area contributed by atoms with Crippen LogP contribution in [0, 0.1) is 5.41 Å². The number of primary amides is 1. The summed E-state index contributed by atoms with van der Waals surface area (Å²) in [6, 6.07) is 7.40. The van der Waals surface area contributed by atoms with E-state index in [0.717, 1.165) is 24.9 Å². The van der Waals surface area contributed by atoms with Gasteiger partial charge in [0.15, 0.2) is 0 Å². The number of hydrogen-bond acceptors (Lipinski definition) is 2. The molecule has 4 heteroatoms. The quantitative estimate of drug-likeness (QED) is 0.883. The molecule has 1 fully saturated rings. The number of rotatable bonds is 3. The first-order chi connectivity index (χ1) is 8.37. The van der Waals surface area contributed by atoms with Crippen LogP contribution in [-0.2, 0) is 4.79 Å². The number of amides is 1. The summed E-state index contributed by atoms with van der Waals surface area (Å²) >= 11 is 5.97. The van der Waals surface area contributed by atoms with Crippen LogP contribution in [0.2, 0.25) is 5.02 Å². The van der Waals surface area contributed by atoms with E-state index in [4.69, 9.17) is 17.3 Å². The van der Waals surface area contributed by atoms with Gasteiger partial charge < -0.3 is 11.1 Å². The van der Waals surface area contributed by atoms with Crippen molar-refractivity contribution in [2.75, 3.05) is 5.32 Å². The molecular weight excluding hydrogens is 248 g/mol. The predicted octanol–water partition coefficient (Wildman–Crippen LogP) is 3.19. The number of anilines is 1. The van der Waals surface area contributed by atoms with Gasteiger partial charge in [0, 0.05) is 10.7 Å². The van der Waals surface area contributed by atoms with Gasteiger partial charge in [-0.2, -0.15) is 0 Å². The topological polar surface area (TPSA) is 55.1 Å². The van der Waals surface area contributed by atoms with Crippen LogP contribution in [-0.4, -0.2) is 11.4 Å². The van der Waals surface area contributed by atoms with E-state index in [1.54, 1.807) is 0 Å². The van der Waals surface area contributed by atoms with Crippen LogP contribution in [0.25, 0.3) is 0 Å².